The molecule has 0 spiro atoms. The summed E-state index contributed by atoms with van der Waals surface area (Å²) in [4.78, 5) is 17.5. The minimum absolute atomic E-state index is 0.0775. The zero-order chi connectivity index (χ0) is 11.5. The first kappa shape index (κ1) is 10.4. The number of aryl methyl sites for hydroxylation is 1. The maximum atomic E-state index is 10.5. The number of nitrogens with zero attached hydrogens (tertiary/aromatic N) is 1. The van der Waals surface area contributed by atoms with Crippen molar-refractivity contribution in [2.45, 2.75) is 13.3 Å². The van der Waals surface area contributed by atoms with Crippen molar-refractivity contribution in [3.8, 4) is 11.3 Å². The third kappa shape index (κ3) is 2.28. The number of carboxylic acid groups (broad SMARTS) is 1. The quantitative estimate of drug-likeness (QED) is 0.824. The van der Waals surface area contributed by atoms with E-state index >= 15 is 0 Å². The highest BCUT2D eigenvalue weighted by Crippen LogP contribution is 2.17. The van der Waals surface area contributed by atoms with Crippen molar-refractivity contribution >= 4 is 5.97 Å². The summed E-state index contributed by atoms with van der Waals surface area (Å²) in [6.45, 7) is 2.02. The summed E-state index contributed by atoms with van der Waals surface area (Å²) in [5.41, 5.74) is 3.04. The molecular weight excluding hydrogens is 204 g/mol. The lowest BCUT2D eigenvalue weighted by molar-refractivity contribution is -0.136. The second kappa shape index (κ2) is 4.18. The average molecular weight is 216 g/mol. The van der Waals surface area contributed by atoms with Crippen LogP contribution in [0.25, 0.3) is 11.3 Å². The standard InChI is InChI=1S/C12H12N2O2/c1-8-2-4-9(5-3-8)10-7-13-11(14-10)6-12(15)16/h2-5,7H,6H2,1H3,(H,13,14)(H,15,16). The molecule has 16 heavy (non-hydrogen) atoms. The molecule has 2 rings (SSSR count). The number of rotatable bonds is 3. The van der Waals surface area contributed by atoms with Crippen LogP contribution in [0.15, 0.2) is 30.5 Å². The number of carboxylic acids is 1. The topological polar surface area (TPSA) is 66.0 Å². The van der Waals surface area contributed by atoms with Crippen molar-refractivity contribution < 1.29 is 9.90 Å². The highest BCUT2D eigenvalue weighted by molar-refractivity contribution is 5.69. The Balaban J connectivity index is 2.24. The second-order valence-corrected chi connectivity index (χ2v) is 3.68. The van der Waals surface area contributed by atoms with E-state index in [-0.39, 0.29) is 6.42 Å². The van der Waals surface area contributed by atoms with Crippen LogP contribution >= 0.6 is 0 Å². The largest absolute Gasteiger partial charge is 0.481 e. The van der Waals surface area contributed by atoms with Crippen LogP contribution in [0.3, 0.4) is 0 Å². The zero-order valence-electron chi connectivity index (χ0n) is 8.90. The molecule has 0 aliphatic rings. The molecular formula is C12H12N2O2. The molecule has 4 nitrogen and oxygen atoms in total. The van der Waals surface area contributed by atoms with E-state index in [2.05, 4.69) is 9.97 Å². The van der Waals surface area contributed by atoms with Crippen LogP contribution in [0.1, 0.15) is 11.4 Å². The van der Waals surface area contributed by atoms with Gasteiger partial charge in [0.1, 0.15) is 12.2 Å². The van der Waals surface area contributed by atoms with Crippen molar-refractivity contribution in [3.63, 3.8) is 0 Å². The molecule has 0 aliphatic heterocycles. The first-order valence-corrected chi connectivity index (χ1v) is 4.98. The normalized spacial score (nSPS) is 10.3. The molecule has 4 heteroatoms. The van der Waals surface area contributed by atoms with Gasteiger partial charge >= 0.3 is 5.97 Å². The Kier molecular flexibility index (Phi) is 2.72. The van der Waals surface area contributed by atoms with Crippen molar-refractivity contribution in [1.82, 2.24) is 9.97 Å². The van der Waals surface area contributed by atoms with Gasteiger partial charge in [0.15, 0.2) is 0 Å². The minimum atomic E-state index is -0.884. The summed E-state index contributed by atoms with van der Waals surface area (Å²) < 4.78 is 0. The molecule has 1 aromatic heterocycles. The third-order valence-electron chi connectivity index (χ3n) is 2.31. The molecule has 1 heterocycles. The molecule has 2 N–H and O–H groups in total. The van der Waals surface area contributed by atoms with Gasteiger partial charge in [-0.2, -0.15) is 0 Å². The van der Waals surface area contributed by atoms with Gasteiger partial charge in [0.2, 0.25) is 0 Å². The summed E-state index contributed by atoms with van der Waals surface area (Å²) >= 11 is 0. The molecule has 0 unspecified atom stereocenters. The molecule has 0 amide bonds. The zero-order valence-corrected chi connectivity index (χ0v) is 8.90. The summed E-state index contributed by atoms with van der Waals surface area (Å²) in [7, 11) is 0. The van der Waals surface area contributed by atoms with E-state index in [0.29, 0.717) is 5.82 Å². The Morgan fingerprint density at radius 3 is 2.69 bits per heavy atom. The fourth-order valence-corrected chi connectivity index (χ4v) is 1.48. The second-order valence-electron chi connectivity index (χ2n) is 3.68. The molecule has 0 fully saturated rings. The van der Waals surface area contributed by atoms with Gasteiger partial charge in [-0.1, -0.05) is 29.8 Å². The lowest BCUT2D eigenvalue weighted by atomic mass is 10.1. The van der Waals surface area contributed by atoms with Gasteiger partial charge in [0.25, 0.3) is 0 Å². The van der Waals surface area contributed by atoms with Crippen LogP contribution in [0.5, 0.6) is 0 Å². The molecule has 0 bridgehead atoms. The number of nitrogens with one attached hydrogen (secondary N) is 1. The number of hydrogen-bond donors (Lipinski definition) is 2. The highest BCUT2D eigenvalue weighted by atomic mass is 16.4. The molecule has 0 saturated carbocycles. The number of imidazole rings is 1. The maximum Gasteiger partial charge on any atom is 0.311 e. The molecule has 82 valence electrons. The monoisotopic (exact) mass is 216 g/mol. The van der Waals surface area contributed by atoms with Gasteiger partial charge in [0.05, 0.1) is 11.9 Å². The Bertz CT molecular complexity index is 500. The molecule has 0 atom stereocenters. The van der Waals surface area contributed by atoms with Crippen LogP contribution < -0.4 is 0 Å². The number of benzene rings is 1. The van der Waals surface area contributed by atoms with E-state index in [4.69, 9.17) is 5.11 Å². The number of H-pyrrole nitrogens is 1. The first-order chi connectivity index (χ1) is 7.65. The fraction of sp³-hybridized carbons (Fsp3) is 0.167. The summed E-state index contributed by atoms with van der Waals surface area (Å²) in [6.07, 6.45) is 1.58. The summed E-state index contributed by atoms with van der Waals surface area (Å²) in [5.74, 6) is -0.409. The molecule has 2 aromatic rings. The van der Waals surface area contributed by atoms with Crippen molar-refractivity contribution in [1.29, 1.82) is 0 Å². The number of aliphatic carboxylic acids is 1. The van der Waals surface area contributed by atoms with E-state index in [1.54, 1.807) is 6.20 Å². The summed E-state index contributed by atoms with van der Waals surface area (Å²) in [6, 6.07) is 7.97. The van der Waals surface area contributed by atoms with Gasteiger partial charge in [-0.25, -0.2) is 4.98 Å². The van der Waals surface area contributed by atoms with Crippen LogP contribution in [-0.4, -0.2) is 21.0 Å². The number of aromatic amines is 1. The summed E-state index contributed by atoms with van der Waals surface area (Å²) in [5, 5.41) is 8.62. The van der Waals surface area contributed by atoms with Crippen LogP contribution in [-0.2, 0) is 11.2 Å². The van der Waals surface area contributed by atoms with E-state index < -0.39 is 5.97 Å². The maximum absolute atomic E-state index is 10.5. The first-order valence-electron chi connectivity index (χ1n) is 4.98. The Hall–Kier alpha value is -2.10. The Morgan fingerprint density at radius 1 is 1.38 bits per heavy atom. The SMILES string of the molecule is Cc1ccc(-c2cnc(CC(=O)O)[nH]2)cc1. The van der Waals surface area contributed by atoms with Gasteiger partial charge in [-0.05, 0) is 12.5 Å². The number of carbonyl (C=O) groups is 1. The smallest absolute Gasteiger partial charge is 0.311 e. The predicted molar refractivity (Wildman–Crippen MR) is 60.1 cm³/mol. The predicted octanol–water partition coefficient (Wildman–Crippen LogP) is 2.01. The van der Waals surface area contributed by atoms with E-state index in [1.165, 1.54) is 5.56 Å². The highest BCUT2D eigenvalue weighted by Gasteiger charge is 2.06. The van der Waals surface area contributed by atoms with Crippen molar-refractivity contribution in [2.75, 3.05) is 0 Å². The van der Waals surface area contributed by atoms with Crippen LogP contribution in [0.4, 0.5) is 0 Å². The molecule has 1 aromatic carbocycles. The number of aromatic nitrogens is 2. The van der Waals surface area contributed by atoms with Gasteiger partial charge < -0.3 is 10.1 Å². The van der Waals surface area contributed by atoms with E-state index in [9.17, 15) is 4.79 Å². The van der Waals surface area contributed by atoms with E-state index in [1.807, 2.05) is 31.2 Å². The third-order valence-corrected chi connectivity index (χ3v) is 2.31. The Labute approximate surface area is 93.0 Å². The van der Waals surface area contributed by atoms with Crippen molar-refractivity contribution in [2.24, 2.45) is 0 Å². The van der Waals surface area contributed by atoms with Gasteiger partial charge in [0, 0.05) is 0 Å². The van der Waals surface area contributed by atoms with Crippen LogP contribution in [0, 0.1) is 6.92 Å². The molecule has 0 radical (unpaired) electrons. The number of hydrogen-bond acceptors (Lipinski definition) is 2. The lowest BCUT2D eigenvalue weighted by Gasteiger charge is -1.97. The van der Waals surface area contributed by atoms with Crippen molar-refractivity contribution in [3.05, 3.63) is 41.9 Å². The van der Waals surface area contributed by atoms with Gasteiger partial charge in [-0.15, -0.1) is 0 Å². The molecule has 0 saturated heterocycles. The minimum Gasteiger partial charge on any atom is -0.481 e. The van der Waals surface area contributed by atoms with Crippen LogP contribution in [0.2, 0.25) is 0 Å². The fourth-order valence-electron chi connectivity index (χ4n) is 1.48. The van der Waals surface area contributed by atoms with E-state index in [0.717, 1.165) is 11.3 Å². The lowest BCUT2D eigenvalue weighted by Crippen LogP contribution is -2.01. The molecule has 0 aliphatic carbocycles. The Morgan fingerprint density at radius 2 is 2.06 bits per heavy atom. The van der Waals surface area contributed by atoms with Gasteiger partial charge in [-0.3, -0.25) is 4.79 Å². The average Bonchev–Trinajstić information content (AvgIpc) is 2.66.